The van der Waals surface area contributed by atoms with Crippen LogP contribution in [0.1, 0.15) is 58.3 Å². The number of nitrogens with zero attached hydrogens (tertiary/aromatic N) is 1. The van der Waals surface area contributed by atoms with Crippen molar-refractivity contribution in [3.05, 3.63) is 0 Å². The van der Waals surface area contributed by atoms with E-state index in [1.165, 1.54) is 25.8 Å². The summed E-state index contributed by atoms with van der Waals surface area (Å²) >= 11 is 0. The molecular formula is C16H31N3O. The molecule has 0 aromatic rings. The molecule has 4 heteroatoms. The molecule has 4 nitrogen and oxygen atoms in total. The summed E-state index contributed by atoms with van der Waals surface area (Å²) in [6.45, 7) is 5.67. The first-order valence-corrected chi connectivity index (χ1v) is 8.46. The van der Waals surface area contributed by atoms with Crippen molar-refractivity contribution >= 4 is 5.91 Å². The summed E-state index contributed by atoms with van der Waals surface area (Å²) in [6, 6.07) is 0.622. The van der Waals surface area contributed by atoms with E-state index in [-0.39, 0.29) is 11.9 Å². The van der Waals surface area contributed by atoms with Crippen molar-refractivity contribution in [2.75, 3.05) is 19.6 Å². The molecule has 0 aromatic heterocycles. The van der Waals surface area contributed by atoms with Crippen LogP contribution in [0.4, 0.5) is 0 Å². The Morgan fingerprint density at radius 2 is 1.90 bits per heavy atom. The van der Waals surface area contributed by atoms with Gasteiger partial charge in [0.25, 0.3) is 0 Å². The first-order valence-electron chi connectivity index (χ1n) is 8.46. The fourth-order valence-corrected chi connectivity index (χ4v) is 3.63. The molecule has 1 amide bonds. The summed E-state index contributed by atoms with van der Waals surface area (Å²) in [4.78, 5) is 14.7. The van der Waals surface area contributed by atoms with Crippen LogP contribution >= 0.6 is 0 Å². The van der Waals surface area contributed by atoms with Crippen molar-refractivity contribution in [3.8, 4) is 0 Å². The Balaban J connectivity index is 1.67. The third-order valence-electron chi connectivity index (χ3n) is 4.91. The van der Waals surface area contributed by atoms with Crippen molar-refractivity contribution in [3.63, 3.8) is 0 Å². The molecule has 2 aliphatic rings. The van der Waals surface area contributed by atoms with Crippen LogP contribution in [0.3, 0.4) is 0 Å². The molecule has 2 atom stereocenters. The number of nitrogens with one attached hydrogen (secondary N) is 1. The van der Waals surface area contributed by atoms with Gasteiger partial charge >= 0.3 is 0 Å². The predicted octanol–water partition coefficient (Wildman–Crippen LogP) is 1.88. The van der Waals surface area contributed by atoms with Crippen LogP contribution in [0.25, 0.3) is 0 Å². The topological polar surface area (TPSA) is 58.4 Å². The highest BCUT2D eigenvalue weighted by molar-refractivity contribution is 5.76. The second-order valence-corrected chi connectivity index (χ2v) is 6.60. The highest BCUT2D eigenvalue weighted by Crippen LogP contribution is 2.25. The number of carbonyl (C=O) groups is 1. The Hall–Kier alpha value is -0.610. The number of nitrogens with two attached hydrogens (primary N) is 1. The van der Waals surface area contributed by atoms with Crippen molar-refractivity contribution in [2.24, 2.45) is 11.7 Å². The number of likely N-dealkylation sites (tertiary alicyclic amines) is 1. The van der Waals surface area contributed by atoms with E-state index in [0.717, 1.165) is 38.8 Å². The Morgan fingerprint density at radius 1 is 1.20 bits per heavy atom. The summed E-state index contributed by atoms with van der Waals surface area (Å²) in [5, 5.41) is 3.23. The smallest absolute Gasteiger partial charge is 0.220 e. The van der Waals surface area contributed by atoms with E-state index in [0.29, 0.717) is 18.4 Å². The summed E-state index contributed by atoms with van der Waals surface area (Å²) in [6.07, 6.45) is 8.74. The molecule has 2 fully saturated rings. The van der Waals surface area contributed by atoms with Crippen LogP contribution in [-0.2, 0) is 4.79 Å². The zero-order chi connectivity index (χ0) is 14.4. The average molecular weight is 281 g/mol. The quantitative estimate of drug-likeness (QED) is 0.809. The van der Waals surface area contributed by atoms with E-state index in [1.54, 1.807) is 0 Å². The summed E-state index contributed by atoms with van der Waals surface area (Å²) in [5.41, 5.74) is 6.13. The minimum Gasteiger partial charge on any atom is -0.353 e. The molecule has 1 heterocycles. The molecule has 0 spiro atoms. The fourth-order valence-electron chi connectivity index (χ4n) is 3.63. The van der Waals surface area contributed by atoms with Gasteiger partial charge in [-0.3, -0.25) is 4.79 Å². The van der Waals surface area contributed by atoms with Crippen LogP contribution in [-0.4, -0.2) is 42.5 Å². The van der Waals surface area contributed by atoms with Gasteiger partial charge in [-0.05, 0) is 44.6 Å². The molecule has 0 aromatic carbocycles. The van der Waals surface area contributed by atoms with E-state index in [1.807, 2.05) is 0 Å². The molecule has 1 saturated heterocycles. The Labute approximate surface area is 123 Å². The average Bonchev–Trinajstić information content (AvgIpc) is 2.44. The summed E-state index contributed by atoms with van der Waals surface area (Å²) < 4.78 is 0. The lowest BCUT2D eigenvalue weighted by atomic mass is 9.83. The maximum atomic E-state index is 12.2. The van der Waals surface area contributed by atoms with Crippen molar-refractivity contribution in [1.29, 1.82) is 0 Å². The molecule has 2 unspecified atom stereocenters. The van der Waals surface area contributed by atoms with E-state index >= 15 is 0 Å². The predicted molar refractivity (Wildman–Crippen MR) is 82.4 cm³/mol. The number of carbonyl (C=O) groups excluding carboxylic acids is 1. The molecule has 2 rings (SSSR count). The zero-order valence-electron chi connectivity index (χ0n) is 12.9. The first-order chi connectivity index (χ1) is 9.69. The van der Waals surface area contributed by atoms with Gasteiger partial charge in [0.1, 0.15) is 0 Å². The largest absolute Gasteiger partial charge is 0.353 e. The maximum Gasteiger partial charge on any atom is 0.220 e. The van der Waals surface area contributed by atoms with Crippen LogP contribution in [0.5, 0.6) is 0 Å². The molecule has 0 bridgehead atoms. The molecule has 0 radical (unpaired) electrons. The van der Waals surface area contributed by atoms with Gasteiger partial charge in [0.05, 0.1) is 0 Å². The standard InChI is InChI=1S/C16H31N3O/c1-2-9-19-10-7-14(8-11-19)18-16(20)12-13-5-3-4-6-15(13)17/h13-15H,2-12,17H2,1H3,(H,18,20). The second-order valence-electron chi connectivity index (χ2n) is 6.60. The summed E-state index contributed by atoms with van der Waals surface area (Å²) in [5.74, 6) is 0.630. The third kappa shape index (κ3) is 4.74. The van der Waals surface area contributed by atoms with E-state index in [9.17, 15) is 4.79 Å². The number of hydrogen-bond donors (Lipinski definition) is 2. The highest BCUT2D eigenvalue weighted by atomic mass is 16.1. The third-order valence-corrected chi connectivity index (χ3v) is 4.91. The number of rotatable bonds is 5. The van der Waals surface area contributed by atoms with Crippen LogP contribution in [0, 0.1) is 5.92 Å². The van der Waals surface area contributed by atoms with Crippen molar-refractivity contribution < 1.29 is 4.79 Å². The Morgan fingerprint density at radius 3 is 2.55 bits per heavy atom. The number of piperidine rings is 1. The van der Waals surface area contributed by atoms with Gasteiger partial charge in [0.2, 0.25) is 5.91 Å². The van der Waals surface area contributed by atoms with Gasteiger partial charge in [0, 0.05) is 31.6 Å². The lowest BCUT2D eigenvalue weighted by Crippen LogP contribution is -2.46. The molecular weight excluding hydrogens is 250 g/mol. The lowest BCUT2D eigenvalue weighted by Gasteiger charge is -2.33. The molecule has 3 N–H and O–H groups in total. The molecule has 1 saturated carbocycles. The SMILES string of the molecule is CCCN1CCC(NC(=O)CC2CCCCC2N)CC1. The number of amides is 1. The van der Waals surface area contributed by atoms with Crippen LogP contribution < -0.4 is 11.1 Å². The molecule has 20 heavy (non-hydrogen) atoms. The van der Waals surface area contributed by atoms with E-state index in [2.05, 4.69) is 17.1 Å². The lowest BCUT2D eigenvalue weighted by molar-refractivity contribution is -0.123. The molecule has 116 valence electrons. The highest BCUT2D eigenvalue weighted by Gasteiger charge is 2.26. The van der Waals surface area contributed by atoms with Gasteiger partial charge in [0.15, 0.2) is 0 Å². The normalized spacial score (nSPS) is 29.3. The maximum absolute atomic E-state index is 12.2. The van der Waals surface area contributed by atoms with Crippen molar-refractivity contribution in [2.45, 2.75) is 70.4 Å². The second kappa shape index (κ2) is 7.99. The van der Waals surface area contributed by atoms with E-state index < -0.39 is 0 Å². The fraction of sp³-hybridized carbons (Fsp3) is 0.938. The van der Waals surface area contributed by atoms with Gasteiger partial charge in [-0.15, -0.1) is 0 Å². The van der Waals surface area contributed by atoms with Crippen molar-refractivity contribution in [1.82, 2.24) is 10.2 Å². The van der Waals surface area contributed by atoms with Gasteiger partial charge in [-0.2, -0.15) is 0 Å². The van der Waals surface area contributed by atoms with Gasteiger partial charge in [-0.25, -0.2) is 0 Å². The minimum absolute atomic E-state index is 0.223. The first kappa shape index (κ1) is 15.8. The Bertz CT molecular complexity index is 300. The zero-order valence-corrected chi connectivity index (χ0v) is 12.9. The Kier molecular flexibility index (Phi) is 6.30. The van der Waals surface area contributed by atoms with Crippen LogP contribution in [0.2, 0.25) is 0 Å². The van der Waals surface area contributed by atoms with Crippen LogP contribution in [0.15, 0.2) is 0 Å². The number of hydrogen-bond acceptors (Lipinski definition) is 3. The minimum atomic E-state index is 0.223. The summed E-state index contributed by atoms with van der Waals surface area (Å²) in [7, 11) is 0. The molecule has 1 aliphatic heterocycles. The molecule has 1 aliphatic carbocycles. The van der Waals surface area contributed by atoms with Gasteiger partial charge < -0.3 is 16.0 Å². The van der Waals surface area contributed by atoms with Gasteiger partial charge in [-0.1, -0.05) is 19.8 Å². The van der Waals surface area contributed by atoms with E-state index in [4.69, 9.17) is 5.73 Å². The monoisotopic (exact) mass is 281 g/mol.